The molecular formula is C21H23ClF3N5O5. The molecule has 1 N–H and O–H groups in total. The number of H-pyrrole nitrogens is 1. The van der Waals surface area contributed by atoms with E-state index in [0.717, 1.165) is 6.20 Å². The molecule has 2 atom stereocenters. The summed E-state index contributed by atoms with van der Waals surface area (Å²) in [6.45, 7) is 3.46. The van der Waals surface area contributed by atoms with Crippen LogP contribution in [0.25, 0.3) is 0 Å². The fourth-order valence-corrected chi connectivity index (χ4v) is 4.13. The van der Waals surface area contributed by atoms with E-state index in [2.05, 4.69) is 15.0 Å². The van der Waals surface area contributed by atoms with Crippen molar-refractivity contribution in [1.82, 2.24) is 20.1 Å². The number of pyridine rings is 1. The summed E-state index contributed by atoms with van der Waals surface area (Å²) in [5.74, 6) is 0.543. The number of fused-ring (bicyclic) bond motifs is 3. The van der Waals surface area contributed by atoms with E-state index in [9.17, 15) is 22.8 Å². The molecule has 0 unspecified atom stereocenters. The maximum Gasteiger partial charge on any atom is 0.425 e. The molecule has 1 saturated heterocycles. The second kappa shape index (κ2) is 10.3. The summed E-state index contributed by atoms with van der Waals surface area (Å²) in [5, 5.41) is 5.59. The number of piperazine rings is 1. The highest BCUT2D eigenvalue weighted by atomic mass is 35.5. The highest BCUT2D eigenvalue weighted by Gasteiger charge is 2.39. The number of rotatable bonds is 7. The molecule has 0 spiro atoms. The van der Waals surface area contributed by atoms with Gasteiger partial charge in [0.25, 0.3) is 5.56 Å². The van der Waals surface area contributed by atoms with Gasteiger partial charge in [0.1, 0.15) is 12.7 Å². The SMILES string of the molecule is C[C@@H](COCCC(=O)N1CCN2c3ncc(Cl)cc3OC[C@@H]2C1)Oc1cn[nH]c(=O)c1C(F)(F)F. The monoisotopic (exact) mass is 517 g/mol. The molecule has 4 rings (SSSR count). The normalized spacial score (nSPS) is 18.4. The van der Waals surface area contributed by atoms with Gasteiger partial charge in [0.2, 0.25) is 5.91 Å². The van der Waals surface area contributed by atoms with E-state index in [4.69, 9.17) is 25.8 Å². The van der Waals surface area contributed by atoms with Gasteiger partial charge in [-0.2, -0.15) is 18.3 Å². The third-order valence-electron chi connectivity index (χ3n) is 5.58. The van der Waals surface area contributed by atoms with Crippen LogP contribution < -0.4 is 19.9 Å². The Labute approximate surface area is 202 Å². The first-order chi connectivity index (χ1) is 16.6. The predicted molar refractivity (Wildman–Crippen MR) is 118 cm³/mol. The molecule has 0 bridgehead atoms. The minimum atomic E-state index is -4.89. The van der Waals surface area contributed by atoms with Crippen LogP contribution in [0, 0.1) is 0 Å². The topological polar surface area (TPSA) is 110 Å². The summed E-state index contributed by atoms with van der Waals surface area (Å²) in [7, 11) is 0. The molecule has 14 heteroatoms. The zero-order valence-electron chi connectivity index (χ0n) is 18.7. The van der Waals surface area contributed by atoms with E-state index in [1.165, 1.54) is 6.92 Å². The summed E-state index contributed by atoms with van der Waals surface area (Å²) < 4.78 is 55.7. The largest absolute Gasteiger partial charge is 0.487 e. The number of nitrogens with one attached hydrogen (secondary N) is 1. The van der Waals surface area contributed by atoms with Crippen LogP contribution in [0.1, 0.15) is 18.9 Å². The van der Waals surface area contributed by atoms with Gasteiger partial charge in [-0.1, -0.05) is 11.6 Å². The van der Waals surface area contributed by atoms with Crippen LogP contribution in [-0.4, -0.2) is 77.6 Å². The van der Waals surface area contributed by atoms with Crippen molar-refractivity contribution in [2.24, 2.45) is 0 Å². The standard InChI is InChI=1S/C21H23ClF3N5O5/c1-12(35-16-8-27-28-20(32)18(16)21(23,24)25)10-33-5-2-17(31)29-3-4-30-14(9-29)11-34-15-6-13(22)7-26-19(15)30/h6-8,12,14H,2-5,9-11H2,1H3,(H,28,32)/t12-,14-/m0/s1. The lowest BCUT2D eigenvalue weighted by atomic mass is 10.1. The molecule has 0 aliphatic carbocycles. The Morgan fingerprint density at radius 3 is 2.94 bits per heavy atom. The molecule has 2 aliphatic rings. The molecule has 0 radical (unpaired) electrons. The van der Waals surface area contributed by atoms with Gasteiger partial charge in [0.15, 0.2) is 22.9 Å². The highest BCUT2D eigenvalue weighted by Crippen LogP contribution is 2.35. The van der Waals surface area contributed by atoms with Crippen LogP contribution in [-0.2, 0) is 15.7 Å². The number of hydrogen-bond acceptors (Lipinski definition) is 8. The Bertz CT molecular complexity index is 1130. The molecule has 2 aliphatic heterocycles. The average Bonchev–Trinajstić information content (AvgIpc) is 2.80. The number of halogens is 4. The quantitative estimate of drug-likeness (QED) is 0.556. The maximum atomic E-state index is 13.1. The van der Waals surface area contributed by atoms with Gasteiger partial charge in [-0.25, -0.2) is 10.1 Å². The second-order valence-electron chi connectivity index (χ2n) is 8.16. The Hall–Kier alpha value is -3.06. The van der Waals surface area contributed by atoms with Crippen LogP contribution in [0.5, 0.6) is 11.5 Å². The Morgan fingerprint density at radius 1 is 1.37 bits per heavy atom. The number of carbonyl (C=O) groups excluding carboxylic acids is 1. The van der Waals surface area contributed by atoms with Gasteiger partial charge in [-0.05, 0) is 6.92 Å². The van der Waals surface area contributed by atoms with E-state index in [1.54, 1.807) is 22.3 Å². The van der Waals surface area contributed by atoms with E-state index < -0.39 is 29.2 Å². The fraction of sp³-hybridized carbons (Fsp3) is 0.524. The first kappa shape index (κ1) is 25.0. The van der Waals surface area contributed by atoms with Crippen molar-refractivity contribution in [3.63, 3.8) is 0 Å². The van der Waals surface area contributed by atoms with Crippen LogP contribution in [0.4, 0.5) is 19.0 Å². The van der Waals surface area contributed by atoms with Crippen LogP contribution in [0.3, 0.4) is 0 Å². The summed E-state index contributed by atoms with van der Waals surface area (Å²) in [6.07, 6.45) is -3.25. The fourth-order valence-electron chi connectivity index (χ4n) is 3.98. The van der Waals surface area contributed by atoms with Crippen LogP contribution >= 0.6 is 11.6 Å². The minimum Gasteiger partial charge on any atom is -0.487 e. The first-order valence-corrected chi connectivity index (χ1v) is 11.2. The molecule has 0 saturated carbocycles. The van der Waals surface area contributed by atoms with Crippen LogP contribution in [0.15, 0.2) is 23.3 Å². The predicted octanol–water partition coefficient (Wildman–Crippen LogP) is 2.12. The third-order valence-corrected chi connectivity index (χ3v) is 5.79. The lowest BCUT2D eigenvalue weighted by Crippen LogP contribution is -2.58. The zero-order chi connectivity index (χ0) is 25.2. The van der Waals surface area contributed by atoms with Crippen molar-refractivity contribution in [3.05, 3.63) is 39.4 Å². The zero-order valence-corrected chi connectivity index (χ0v) is 19.4. The average molecular weight is 518 g/mol. The van der Waals surface area contributed by atoms with Crippen LogP contribution in [0.2, 0.25) is 5.02 Å². The molecule has 35 heavy (non-hydrogen) atoms. The Morgan fingerprint density at radius 2 is 2.17 bits per heavy atom. The molecule has 10 nitrogen and oxygen atoms in total. The molecule has 190 valence electrons. The van der Waals surface area contributed by atoms with Crippen molar-refractivity contribution >= 4 is 23.3 Å². The van der Waals surface area contributed by atoms with Gasteiger partial charge in [0, 0.05) is 31.9 Å². The molecule has 1 amide bonds. The molecule has 1 fully saturated rings. The summed E-state index contributed by atoms with van der Waals surface area (Å²) in [5.41, 5.74) is -2.85. The number of anilines is 1. The minimum absolute atomic E-state index is 0.0336. The van der Waals surface area contributed by atoms with Crippen molar-refractivity contribution in [2.75, 3.05) is 44.4 Å². The number of hydrogen-bond donors (Lipinski definition) is 1. The molecule has 0 aromatic carbocycles. The number of alkyl halides is 3. The number of ether oxygens (including phenoxy) is 3. The maximum absolute atomic E-state index is 13.1. The summed E-state index contributed by atoms with van der Waals surface area (Å²) >= 11 is 5.97. The number of carbonyl (C=O) groups is 1. The lowest BCUT2D eigenvalue weighted by molar-refractivity contribution is -0.141. The van der Waals surface area contributed by atoms with Gasteiger partial charge in [0.05, 0.1) is 36.9 Å². The first-order valence-electron chi connectivity index (χ1n) is 10.9. The molecule has 2 aromatic heterocycles. The molecule has 2 aromatic rings. The van der Waals surface area contributed by atoms with Gasteiger partial charge >= 0.3 is 6.18 Å². The summed E-state index contributed by atoms with van der Waals surface area (Å²) in [4.78, 5) is 32.3. The number of aromatic nitrogens is 3. The van der Waals surface area contributed by atoms with Crippen molar-refractivity contribution < 1.29 is 32.2 Å². The van der Waals surface area contributed by atoms with E-state index in [0.29, 0.717) is 42.8 Å². The number of nitrogens with zero attached hydrogens (tertiary/aromatic N) is 4. The number of amides is 1. The van der Waals surface area contributed by atoms with Crippen molar-refractivity contribution in [2.45, 2.75) is 31.7 Å². The number of aromatic amines is 1. The second-order valence-corrected chi connectivity index (χ2v) is 8.60. The van der Waals surface area contributed by atoms with Gasteiger partial charge in [-0.15, -0.1) is 0 Å². The smallest absolute Gasteiger partial charge is 0.425 e. The van der Waals surface area contributed by atoms with E-state index in [1.807, 2.05) is 0 Å². The third kappa shape index (κ3) is 5.78. The summed E-state index contributed by atoms with van der Waals surface area (Å²) in [6, 6.07) is 1.68. The highest BCUT2D eigenvalue weighted by molar-refractivity contribution is 6.30. The Balaban J connectivity index is 1.23. The van der Waals surface area contributed by atoms with E-state index in [-0.39, 0.29) is 31.6 Å². The van der Waals surface area contributed by atoms with Crippen molar-refractivity contribution in [1.29, 1.82) is 0 Å². The van der Waals surface area contributed by atoms with E-state index >= 15 is 0 Å². The van der Waals surface area contributed by atoms with Crippen molar-refractivity contribution in [3.8, 4) is 11.5 Å². The van der Waals surface area contributed by atoms with Gasteiger partial charge < -0.3 is 24.0 Å². The lowest BCUT2D eigenvalue weighted by Gasteiger charge is -2.44. The molecular weight excluding hydrogens is 495 g/mol. The van der Waals surface area contributed by atoms with Gasteiger partial charge in [-0.3, -0.25) is 9.59 Å². The Kier molecular flexibility index (Phi) is 7.36. The molecule has 4 heterocycles.